The quantitative estimate of drug-likeness (QED) is 0.679. The first kappa shape index (κ1) is 15.0. The molecular weight excluding hydrogens is 317 g/mol. The summed E-state index contributed by atoms with van der Waals surface area (Å²) in [7, 11) is -1.26. The molecule has 24 heavy (non-hydrogen) atoms. The highest BCUT2D eigenvalue weighted by Gasteiger charge is 2.42. The molecular formula is C20H18NO2P. The fourth-order valence-electron chi connectivity index (χ4n) is 3.25. The van der Waals surface area contributed by atoms with Gasteiger partial charge in [0.1, 0.15) is 5.75 Å². The van der Waals surface area contributed by atoms with Crippen LogP contribution in [0.15, 0.2) is 78.9 Å². The van der Waals surface area contributed by atoms with Crippen LogP contribution in [0.1, 0.15) is 5.56 Å². The van der Waals surface area contributed by atoms with Crippen LogP contribution in [0.5, 0.6) is 5.75 Å². The second-order valence-electron chi connectivity index (χ2n) is 5.80. The lowest BCUT2D eigenvalue weighted by Crippen LogP contribution is -2.24. The van der Waals surface area contributed by atoms with Crippen molar-refractivity contribution in [2.75, 3.05) is 11.8 Å². The Morgan fingerprint density at radius 3 is 2.25 bits per heavy atom. The van der Waals surface area contributed by atoms with Crippen molar-refractivity contribution in [2.45, 2.75) is 6.54 Å². The highest BCUT2D eigenvalue weighted by Crippen LogP contribution is 2.55. The summed E-state index contributed by atoms with van der Waals surface area (Å²) in [6.45, 7) is 0.656. The third-order valence-corrected chi connectivity index (χ3v) is 7.59. The monoisotopic (exact) mass is 335 g/mol. The van der Waals surface area contributed by atoms with Crippen LogP contribution < -0.4 is 20.0 Å². The number of methoxy groups -OCH3 is 1. The van der Waals surface area contributed by atoms with Gasteiger partial charge in [-0.3, -0.25) is 4.57 Å². The van der Waals surface area contributed by atoms with Crippen molar-refractivity contribution in [3.8, 4) is 5.75 Å². The molecule has 3 nitrogen and oxygen atoms in total. The minimum atomic E-state index is -2.90. The molecule has 0 amide bonds. The van der Waals surface area contributed by atoms with E-state index in [0.717, 1.165) is 27.6 Å². The van der Waals surface area contributed by atoms with Gasteiger partial charge in [0.05, 0.1) is 13.7 Å². The van der Waals surface area contributed by atoms with E-state index in [1.54, 1.807) is 7.11 Å². The fourth-order valence-corrected chi connectivity index (χ4v) is 6.25. The number of para-hydroxylation sites is 1. The standard InChI is InChI=1S/C20H18NO2P/c1-23-18-11-13-19(14-12-18)24(22)20-10-6-5-7-16(20)15-21(24)17-8-3-2-4-9-17/h2-14H,15H2,1H3. The van der Waals surface area contributed by atoms with Gasteiger partial charge in [-0.15, -0.1) is 0 Å². The summed E-state index contributed by atoms with van der Waals surface area (Å²) < 4.78 is 21.5. The van der Waals surface area contributed by atoms with Crippen LogP contribution in [-0.2, 0) is 11.1 Å². The predicted molar refractivity (Wildman–Crippen MR) is 98.9 cm³/mol. The minimum absolute atomic E-state index is 0.656. The smallest absolute Gasteiger partial charge is 0.230 e. The molecule has 0 saturated carbocycles. The van der Waals surface area contributed by atoms with Gasteiger partial charge in [-0.05, 0) is 48.0 Å². The first-order valence-electron chi connectivity index (χ1n) is 7.89. The van der Waals surface area contributed by atoms with Gasteiger partial charge in [0.15, 0.2) is 0 Å². The molecule has 0 bridgehead atoms. The Kier molecular flexibility index (Phi) is 3.66. The largest absolute Gasteiger partial charge is 0.497 e. The van der Waals surface area contributed by atoms with E-state index in [9.17, 15) is 4.57 Å². The lowest BCUT2D eigenvalue weighted by molar-refractivity contribution is 0.415. The number of rotatable bonds is 3. The molecule has 0 radical (unpaired) electrons. The molecule has 4 rings (SSSR count). The van der Waals surface area contributed by atoms with E-state index in [0.29, 0.717) is 6.54 Å². The maximum absolute atomic E-state index is 14.3. The number of ether oxygens (including phenoxy) is 1. The van der Waals surface area contributed by atoms with Gasteiger partial charge < -0.3 is 9.41 Å². The highest BCUT2D eigenvalue weighted by molar-refractivity contribution is 7.80. The molecule has 3 aromatic carbocycles. The second-order valence-corrected chi connectivity index (χ2v) is 8.43. The van der Waals surface area contributed by atoms with Crippen molar-refractivity contribution in [3.63, 3.8) is 0 Å². The van der Waals surface area contributed by atoms with E-state index in [1.807, 2.05) is 77.5 Å². The summed E-state index contributed by atoms with van der Waals surface area (Å²) in [5, 5.41) is 1.76. The molecule has 1 heterocycles. The van der Waals surface area contributed by atoms with E-state index >= 15 is 0 Å². The Morgan fingerprint density at radius 1 is 0.875 bits per heavy atom. The van der Waals surface area contributed by atoms with Gasteiger partial charge in [0.25, 0.3) is 0 Å². The van der Waals surface area contributed by atoms with Crippen LogP contribution in [0.25, 0.3) is 0 Å². The minimum Gasteiger partial charge on any atom is -0.497 e. The lowest BCUT2D eigenvalue weighted by atomic mass is 10.2. The van der Waals surface area contributed by atoms with Gasteiger partial charge in [-0.1, -0.05) is 36.4 Å². The number of anilines is 1. The number of nitrogens with zero attached hydrogens (tertiary/aromatic N) is 1. The maximum atomic E-state index is 14.3. The number of fused-ring (bicyclic) bond motifs is 1. The Balaban J connectivity index is 1.91. The SMILES string of the molecule is COc1ccc(P2(=O)c3ccccc3CN2c2ccccc2)cc1. The molecule has 1 aliphatic heterocycles. The summed E-state index contributed by atoms with van der Waals surface area (Å²) in [5.41, 5.74) is 2.10. The topological polar surface area (TPSA) is 29.5 Å². The lowest BCUT2D eigenvalue weighted by Gasteiger charge is -2.28. The molecule has 1 atom stereocenters. The van der Waals surface area contributed by atoms with Crippen molar-refractivity contribution >= 4 is 23.6 Å². The van der Waals surface area contributed by atoms with E-state index in [1.165, 1.54) is 0 Å². The molecule has 1 aliphatic rings. The summed E-state index contributed by atoms with van der Waals surface area (Å²) in [6, 6.07) is 25.6. The zero-order valence-corrected chi connectivity index (χ0v) is 14.3. The Labute approximate surface area is 141 Å². The Bertz CT molecular complexity index is 906. The molecule has 0 N–H and O–H groups in total. The molecule has 0 spiro atoms. The average molecular weight is 335 g/mol. The van der Waals surface area contributed by atoms with E-state index in [2.05, 4.69) is 6.07 Å². The second kappa shape index (κ2) is 5.85. The molecule has 4 heteroatoms. The zero-order valence-electron chi connectivity index (χ0n) is 13.4. The van der Waals surface area contributed by atoms with Crippen LogP contribution in [0, 0.1) is 0 Å². The van der Waals surface area contributed by atoms with Gasteiger partial charge in [0, 0.05) is 16.3 Å². The molecule has 0 aliphatic carbocycles. The van der Waals surface area contributed by atoms with E-state index < -0.39 is 7.29 Å². The molecule has 0 fully saturated rings. The molecule has 0 aromatic heterocycles. The summed E-state index contributed by atoms with van der Waals surface area (Å²) >= 11 is 0. The van der Waals surface area contributed by atoms with Crippen LogP contribution in [-0.4, -0.2) is 7.11 Å². The fraction of sp³-hybridized carbons (Fsp3) is 0.100. The summed E-state index contributed by atoms with van der Waals surface area (Å²) in [4.78, 5) is 0. The van der Waals surface area contributed by atoms with E-state index in [-0.39, 0.29) is 0 Å². The average Bonchev–Trinajstić information content (AvgIpc) is 2.97. The first-order valence-corrected chi connectivity index (χ1v) is 9.55. The maximum Gasteiger partial charge on any atom is 0.230 e. The molecule has 3 aromatic rings. The third kappa shape index (κ3) is 2.24. The Morgan fingerprint density at radius 2 is 1.54 bits per heavy atom. The predicted octanol–water partition coefficient (Wildman–Crippen LogP) is 3.94. The summed E-state index contributed by atoms with van der Waals surface area (Å²) in [6.07, 6.45) is 0. The van der Waals surface area contributed by atoms with Crippen LogP contribution in [0.4, 0.5) is 5.69 Å². The van der Waals surface area contributed by atoms with Crippen molar-refractivity contribution < 1.29 is 9.30 Å². The van der Waals surface area contributed by atoms with Crippen molar-refractivity contribution in [3.05, 3.63) is 84.4 Å². The molecule has 1 unspecified atom stereocenters. The van der Waals surface area contributed by atoms with Crippen LogP contribution >= 0.6 is 7.29 Å². The number of benzene rings is 3. The highest BCUT2D eigenvalue weighted by atomic mass is 31.2. The number of hydrogen-bond donors (Lipinski definition) is 0. The molecule has 0 saturated heterocycles. The summed E-state index contributed by atoms with van der Waals surface area (Å²) in [5.74, 6) is 0.768. The first-order chi connectivity index (χ1) is 11.7. The molecule has 120 valence electrons. The third-order valence-electron chi connectivity index (χ3n) is 4.45. The van der Waals surface area contributed by atoms with Crippen molar-refractivity contribution in [1.29, 1.82) is 0 Å². The zero-order chi connectivity index (χ0) is 16.6. The van der Waals surface area contributed by atoms with Gasteiger partial charge in [-0.2, -0.15) is 0 Å². The van der Waals surface area contributed by atoms with E-state index in [4.69, 9.17) is 4.74 Å². The van der Waals surface area contributed by atoms with Gasteiger partial charge >= 0.3 is 0 Å². The van der Waals surface area contributed by atoms with Gasteiger partial charge in [-0.25, -0.2) is 0 Å². The van der Waals surface area contributed by atoms with Crippen molar-refractivity contribution in [1.82, 2.24) is 0 Å². The van der Waals surface area contributed by atoms with Gasteiger partial charge in [0.2, 0.25) is 7.29 Å². The number of hydrogen-bond acceptors (Lipinski definition) is 2. The Hall–Kier alpha value is -2.51. The van der Waals surface area contributed by atoms with Crippen molar-refractivity contribution in [2.24, 2.45) is 0 Å². The van der Waals surface area contributed by atoms with Crippen LogP contribution in [0.3, 0.4) is 0 Å². The van der Waals surface area contributed by atoms with Crippen LogP contribution in [0.2, 0.25) is 0 Å². The normalized spacial score (nSPS) is 19.1.